The van der Waals surface area contributed by atoms with Gasteiger partial charge in [0.1, 0.15) is 13.2 Å². The molecular weight excluding hydrogens is 210 g/mol. The van der Waals surface area contributed by atoms with Gasteiger partial charge in [0.05, 0.1) is 19.3 Å². The molecule has 1 aliphatic heterocycles. The Kier molecular flexibility index (Phi) is 3.48. The Morgan fingerprint density at radius 1 is 1.12 bits per heavy atom. The first kappa shape index (κ1) is 11.0. The molecule has 1 heterocycles. The van der Waals surface area contributed by atoms with Gasteiger partial charge < -0.3 is 25.0 Å². The normalized spacial score (nSPS) is 13.9. The van der Waals surface area contributed by atoms with Crippen LogP contribution in [0.4, 0.5) is 5.69 Å². The number of ether oxygens (including phenoxy) is 2. The summed E-state index contributed by atoms with van der Waals surface area (Å²) in [6, 6.07) is 5.07. The predicted octanol–water partition coefficient (Wildman–Crippen LogP) is 0.223. The SMILES string of the molecule is OCC(CO)Nc1ccc2c(c1)OCCO2. The maximum absolute atomic E-state index is 8.95. The Labute approximate surface area is 93.6 Å². The van der Waals surface area contributed by atoms with E-state index in [1.54, 1.807) is 6.07 Å². The molecular formula is C11H15NO4. The first-order valence-corrected chi connectivity index (χ1v) is 5.21. The minimum atomic E-state index is -0.359. The summed E-state index contributed by atoms with van der Waals surface area (Å²) in [6.07, 6.45) is 0. The van der Waals surface area contributed by atoms with Gasteiger partial charge in [-0.3, -0.25) is 0 Å². The van der Waals surface area contributed by atoms with E-state index in [0.29, 0.717) is 19.0 Å². The maximum Gasteiger partial charge on any atom is 0.163 e. The average molecular weight is 225 g/mol. The number of rotatable bonds is 4. The van der Waals surface area contributed by atoms with E-state index in [-0.39, 0.29) is 19.3 Å². The average Bonchev–Trinajstić information content (AvgIpc) is 2.35. The molecule has 0 saturated carbocycles. The molecule has 1 aliphatic rings. The van der Waals surface area contributed by atoms with E-state index in [1.165, 1.54) is 0 Å². The molecule has 16 heavy (non-hydrogen) atoms. The van der Waals surface area contributed by atoms with Crippen LogP contribution in [0.15, 0.2) is 18.2 Å². The molecule has 1 aromatic rings. The Hall–Kier alpha value is -1.46. The van der Waals surface area contributed by atoms with Crippen molar-refractivity contribution in [2.24, 2.45) is 0 Å². The third kappa shape index (κ3) is 2.37. The number of fused-ring (bicyclic) bond motifs is 1. The number of anilines is 1. The standard InChI is InChI=1S/C11H15NO4/c13-6-9(7-14)12-8-1-2-10-11(5-8)16-4-3-15-10/h1-2,5,9,12-14H,3-4,6-7H2. The van der Waals surface area contributed by atoms with Gasteiger partial charge in [-0.1, -0.05) is 0 Å². The van der Waals surface area contributed by atoms with Crippen LogP contribution >= 0.6 is 0 Å². The smallest absolute Gasteiger partial charge is 0.163 e. The van der Waals surface area contributed by atoms with Gasteiger partial charge in [0, 0.05) is 11.8 Å². The maximum atomic E-state index is 8.95. The van der Waals surface area contributed by atoms with Crippen LogP contribution in [-0.4, -0.2) is 42.7 Å². The van der Waals surface area contributed by atoms with Crippen LogP contribution in [0, 0.1) is 0 Å². The van der Waals surface area contributed by atoms with Gasteiger partial charge in [-0.2, -0.15) is 0 Å². The van der Waals surface area contributed by atoms with Gasteiger partial charge in [0.15, 0.2) is 11.5 Å². The van der Waals surface area contributed by atoms with Gasteiger partial charge in [-0.25, -0.2) is 0 Å². The van der Waals surface area contributed by atoms with Gasteiger partial charge in [-0.15, -0.1) is 0 Å². The number of nitrogens with one attached hydrogen (secondary N) is 1. The van der Waals surface area contributed by atoms with E-state index in [4.69, 9.17) is 19.7 Å². The lowest BCUT2D eigenvalue weighted by Gasteiger charge is -2.20. The van der Waals surface area contributed by atoms with Crippen molar-refractivity contribution in [2.75, 3.05) is 31.7 Å². The molecule has 5 nitrogen and oxygen atoms in total. The van der Waals surface area contributed by atoms with Crippen LogP contribution in [0.3, 0.4) is 0 Å². The van der Waals surface area contributed by atoms with Crippen molar-refractivity contribution in [3.63, 3.8) is 0 Å². The molecule has 0 unspecified atom stereocenters. The van der Waals surface area contributed by atoms with Crippen molar-refractivity contribution < 1.29 is 19.7 Å². The third-order valence-corrected chi connectivity index (χ3v) is 2.35. The number of aliphatic hydroxyl groups excluding tert-OH is 2. The summed E-state index contributed by atoms with van der Waals surface area (Å²) in [7, 11) is 0. The highest BCUT2D eigenvalue weighted by Gasteiger charge is 2.13. The van der Waals surface area contributed by atoms with E-state index >= 15 is 0 Å². The zero-order valence-electron chi connectivity index (χ0n) is 8.85. The second-order valence-electron chi connectivity index (χ2n) is 3.56. The van der Waals surface area contributed by atoms with Crippen LogP contribution in [0.2, 0.25) is 0 Å². The minimum absolute atomic E-state index is 0.120. The quantitative estimate of drug-likeness (QED) is 0.684. The molecule has 0 bridgehead atoms. The number of hydrogen-bond acceptors (Lipinski definition) is 5. The summed E-state index contributed by atoms with van der Waals surface area (Å²) in [6.45, 7) is 0.867. The van der Waals surface area contributed by atoms with Crippen LogP contribution in [-0.2, 0) is 0 Å². The van der Waals surface area contributed by atoms with Gasteiger partial charge in [0.2, 0.25) is 0 Å². The van der Waals surface area contributed by atoms with Crippen molar-refractivity contribution in [1.82, 2.24) is 0 Å². The largest absolute Gasteiger partial charge is 0.486 e. The number of hydrogen-bond donors (Lipinski definition) is 3. The Morgan fingerprint density at radius 3 is 2.50 bits per heavy atom. The monoisotopic (exact) mass is 225 g/mol. The van der Waals surface area contributed by atoms with Crippen LogP contribution in [0.5, 0.6) is 11.5 Å². The van der Waals surface area contributed by atoms with E-state index in [1.807, 2.05) is 12.1 Å². The zero-order valence-corrected chi connectivity index (χ0v) is 8.85. The summed E-state index contributed by atoms with van der Waals surface area (Å²) >= 11 is 0. The summed E-state index contributed by atoms with van der Waals surface area (Å²) < 4.78 is 10.8. The molecule has 0 fully saturated rings. The third-order valence-electron chi connectivity index (χ3n) is 2.35. The highest BCUT2D eigenvalue weighted by molar-refractivity contribution is 5.55. The molecule has 0 aromatic heterocycles. The number of aliphatic hydroxyl groups is 2. The van der Waals surface area contributed by atoms with E-state index in [0.717, 1.165) is 11.4 Å². The fourth-order valence-corrected chi connectivity index (χ4v) is 1.52. The Balaban J connectivity index is 2.10. The van der Waals surface area contributed by atoms with Gasteiger partial charge in [0.25, 0.3) is 0 Å². The first-order valence-electron chi connectivity index (χ1n) is 5.21. The highest BCUT2D eigenvalue weighted by atomic mass is 16.6. The van der Waals surface area contributed by atoms with Crippen molar-refractivity contribution in [1.29, 1.82) is 0 Å². The molecule has 0 atom stereocenters. The zero-order chi connectivity index (χ0) is 11.4. The molecule has 0 aliphatic carbocycles. The fourth-order valence-electron chi connectivity index (χ4n) is 1.52. The lowest BCUT2D eigenvalue weighted by molar-refractivity contribution is 0.171. The Morgan fingerprint density at radius 2 is 1.81 bits per heavy atom. The van der Waals surface area contributed by atoms with Gasteiger partial charge in [-0.05, 0) is 12.1 Å². The van der Waals surface area contributed by atoms with Crippen molar-refractivity contribution in [3.05, 3.63) is 18.2 Å². The molecule has 0 radical (unpaired) electrons. The molecule has 0 amide bonds. The van der Waals surface area contributed by atoms with E-state index < -0.39 is 0 Å². The lowest BCUT2D eigenvalue weighted by Crippen LogP contribution is -2.27. The lowest BCUT2D eigenvalue weighted by atomic mass is 10.2. The second-order valence-corrected chi connectivity index (χ2v) is 3.56. The highest BCUT2D eigenvalue weighted by Crippen LogP contribution is 2.32. The second kappa shape index (κ2) is 5.05. The summed E-state index contributed by atoms with van der Waals surface area (Å²) in [5, 5.41) is 20.9. The van der Waals surface area contributed by atoms with E-state index in [9.17, 15) is 0 Å². The Bertz CT molecular complexity index is 352. The molecule has 88 valence electrons. The summed E-state index contributed by atoms with van der Waals surface area (Å²) in [5.74, 6) is 1.41. The first-order chi connectivity index (χ1) is 7.83. The molecule has 3 N–H and O–H groups in total. The van der Waals surface area contributed by atoms with Gasteiger partial charge >= 0.3 is 0 Å². The van der Waals surface area contributed by atoms with Crippen molar-refractivity contribution >= 4 is 5.69 Å². The van der Waals surface area contributed by atoms with Crippen LogP contribution in [0.1, 0.15) is 0 Å². The molecule has 0 spiro atoms. The molecule has 0 saturated heterocycles. The molecule has 1 aromatic carbocycles. The molecule has 5 heteroatoms. The van der Waals surface area contributed by atoms with Crippen molar-refractivity contribution in [2.45, 2.75) is 6.04 Å². The van der Waals surface area contributed by atoms with E-state index in [2.05, 4.69) is 5.32 Å². The van der Waals surface area contributed by atoms with Crippen LogP contribution < -0.4 is 14.8 Å². The number of benzene rings is 1. The fraction of sp³-hybridized carbons (Fsp3) is 0.455. The summed E-state index contributed by atoms with van der Waals surface area (Å²) in [4.78, 5) is 0. The molecule has 2 rings (SSSR count). The van der Waals surface area contributed by atoms with Crippen LogP contribution in [0.25, 0.3) is 0 Å². The predicted molar refractivity (Wildman–Crippen MR) is 59.0 cm³/mol. The minimum Gasteiger partial charge on any atom is -0.486 e. The summed E-state index contributed by atoms with van der Waals surface area (Å²) in [5.41, 5.74) is 0.789. The topological polar surface area (TPSA) is 71.0 Å². The van der Waals surface area contributed by atoms with Crippen molar-refractivity contribution in [3.8, 4) is 11.5 Å².